The Balaban J connectivity index is 0.000000968. The highest BCUT2D eigenvalue weighted by molar-refractivity contribution is 5.95. The van der Waals surface area contributed by atoms with Crippen LogP contribution in [-0.2, 0) is 11.3 Å². The number of ether oxygens (including phenoxy) is 1. The molecule has 4 heterocycles. The highest BCUT2D eigenvalue weighted by atomic mass is 16.5. The zero-order valence-corrected chi connectivity index (χ0v) is 18.3. The number of amides is 1. The lowest BCUT2D eigenvalue weighted by molar-refractivity contribution is -0.694. The van der Waals surface area contributed by atoms with Gasteiger partial charge >= 0.3 is 0 Å². The van der Waals surface area contributed by atoms with Crippen molar-refractivity contribution in [2.75, 3.05) is 26.0 Å². The van der Waals surface area contributed by atoms with Gasteiger partial charge in [-0.2, -0.15) is 0 Å². The van der Waals surface area contributed by atoms with Crippen LogP contribution in [0.2, 0.25) is 0 Å². The normalized spacial score (nSPS) is 10.1. The van der Waals surface area contributed by atoms with Gasteiger partial charge in [-0.1, -0.05) is 0 Å². The van der Waals surface area contributed by atoms with E-state index in [4.69, 9.17) is 14.6 Å². The van der Waals surface area contributed by atoms with Crippen molar-refractivity contribution in [3.05, 3.63) is 72.9 Å². The Morgan fingerprint density at radius 2 is 2.00 bits per heavy atom. The molecule has 0 spiro atoms. The number of pyridine rings is 3. The summed E-state index contributed by atoms with van der Waals surface area (Å²) in [6, 6.07) is 11.3. The maximum atomic E-state index is 12.6. The lowest BCUT2D eigenvalue weighted by Gasteiger charge is -2.08. The van der Waals surface area contributed by atoms with Crippen LogP contribution in [0.1, 0.15) is 10.4 Å². The fourth-order valence-electron chi connectivity index (χ4n) is 3.24. The molecule has 4 rings (SSSR count). The summed E-state index contributed by atoms with van der Waals surface area (Å²) in [6.45, 7) is 0.715. The number of carboxylic acid groups (broad SMARTS) is 1. The van der Waals surface area contributed by atoms with Crippen LogP contribution in [0.15, 0.2) is 67.4 Å². The minimum atomic E-state index is -0.500. The van der Waals surface area contributed by atoms with Crippen molar-refractivity contribution in [2.24, 2.45) is 0 Å². The zero-order valence-electron chi connectivity index (χ0n) is 18.3. The average Bonchev–Trinajstić information content (AvgIpc) is 3.28. The number of carbonyl (C=O) groups is 2. The summed E-state index contributed by atoms with van der Waals surface area (Å²) in [5.41, 5.74) is 3.98. The number of hydrogen-bond donors (Lipinski definition) is 2. The number of rotatable bonds is 7. The molecule has 0 fully saturated rings. The number of fused-ring (bicyclic) bond motifs is 1. The Morgan fingerprint density at radius 3 is 2.70 bits per heavy atom. The Kier molecular flexibility index (Phi) is 7.90. The SMILES string of the molecule is CNc1cc[n+](CCNC(=O)c2ccn3c(-c4cccnc4OC)cnc3c2)cc1.O=C[O-]. The van der Waals surface area contributed by atoms with Crippen molar-refractivity contribution in [3.63, 3.8) is 0 Å². The van der Waals surface area contributed by atoms with Crippen molar-refractivity contribution in [1.29, 1.82) is 0 Å². The third-order valence-electron chi connectivity index (χ3n) is 4.85. The average molecular weight is 448 g/mol. The topological polar surface area (TPSA) is 125 Å². The van der Waals surface area contributed by atoms with Gasteiger partial charge < -0.3 is 25.3 Å². The number of methoxy groups -OCH3 is 1. The minimum absolute atomic E-state index is 0.131. The van der Waals surface area contributed by atoms with E-state index in [0.29, 0.717) is 30.2 Å². The van der Waals surface area contributed by atoms with Crippen molar-refractivity contribution >= 4 is 23.7 Å². The van der Waals surface area contributed by atoms with Crippen LogP contribution in [0.4, 0.5) is 5.69 Å². The summed E-state index contributed by atoms with van der Waals surface area (Å²) in [6.07, 6.45) is 9.22. The molecule has 10 nitrogen and oxygen atoms in total. The monoisotopic (exact) mass is 448 g/mol. The number of imidazole rings is 1. The first-order valence-corrected chi connectivity index (χ1v) is 10.1. The van der Waals surface area contributed by atoms with E-state index in [0.717, 1.165) is 16.9 Å². The van der Waals surface area contributed by atoms with Crippen LogP contribution in [0.3, 0.4) is 0 Å². The number of nitrogens with zero attached hydrogens (tertiary/aromatic N) is 4. The summed E-state index contributed by atoms with van der Waals surface area (Å²) in [7, 11) is 3.47. The standard InChI is InChI=1S/C22H22N6O2.CH2O2/c1-23-17-6-10-27(11-7-17)13-9-24-21(29)16-5-12-28-19(15-26-20(28)14-16)18-4-3-8-25-22(18)30-2;2-1-3/h3-8,10-12,14-15H,9,13H2,1-2H3,(H,24,29);1H,(H,2,3). The number of hydrogen-bond acceptors (Lipinski definition) is 7. The molecule has 10 heteroatoms. The Labute approximate surface area is 190 Å². The summed E-state index contributed by atoms with van der Waals surface area (Å²) in [5.74, 6) is 0.398. The van der Waals surface area contributed by atoms with Crippen LogP contribution < -0.4 is 25.0 Å². The van der Waals surface area contributed by atoms with Crippen LogP contribution >= 0.6 is 0 Å². The molecule has 0 aromatic carbocycles. The third kappa shape index (κ3) is 5.62. The maximum Gasteiger partial charge on any atom is 0.251 e. The second kappa shape index (κ2) is 11.2. The first-order chi connectivity index (χ1) is 16.1. The Bertz CT molecular complexity index is 1220. The molecule has 0 aliphatic carbocycles. The first kappa shape index (κ1) is 23.2. The Hall–Kier alpha value is -4.47. The van der Waals surface area contributed by atoms with Gasteiger partial charge in [-0.3, -0.25) is 9.20 Å². The molecule has 0 bridgehead atoms. The smallest absolute Gasteiger partial charge is 0.251 e. The fraction of sp³-hybridized carbons (Fsp3) is 0.174. The fourth-order valence-corrected chi connectivity index (χ4v) is 3.24. The highest BCUT2D eigenvalue weighted by Gasteiger charge is 2.14. The van der Waals surface area contributed by atoms with Crippen LogP contribution in [0.5, 0.6) is 5.88 Å². The van der Waals surface area contributed by atoms with Gasteiger partial charge in [-0.05, 0) is 24.3 Å². The molecule has 0 saturated carbocycles. The second-order valence-corrected chi connectivity index (χ2v) is 6.77. The van der Waals surface area contributed by atoms with Crippen molar-refractivity contribution in [2.45, 2.75) is 6.54 Å². The van der Waals surface area contributed by atoms with Gasteiger partial charge in [0.25, 0.3) is 5.91 Å². The summed E-state index contributed by atoms with van der Waals surface area (Å²) >= 11 is 0. The molecule has 4 aromatic rings. The lowest BCUT2D eigenvalue weighted by atomic mass is 10.2. The molecule has 0 aliphatic heterocycles. The Morgan fingerprint density at radius 1 is 1.24 bits per heavy atom. The molecule has 1 amide bonds. The van der Waals surface area contributed by atoms with E-state index in [2.05, 4.69) is 20.6 Å². The zero-order chi connectivity index (χ0) is 23.6. The predicted molar refractivity (Wildman–Crippen MR) is 120 cm³/mol. The largest absolute Gasteiger partial charge is 0.554 e. The molecule has 0 aliphatic rings. The van der Waals surface area contributed by atoms with E-state index in [1.165, 1.54) is 0 Å². The molecule has 0 unspecified atom stereocenters. The molecular weight excluding hydrogens is 424 g/mol. The van der Waals surface area contributed by atoms with Gasteiger partial charge in [-0.15, -0.1) is 0 Å². The second-order valence-electron chi connectivity index (χ2n) is 6.77. The van der Waals surface area contributed by atoms with E-state index >= 15 is 0 Å². The summed E-state index contributed by atoms with van der Waals surface area (Å²) < 4.78 is 9.28. The molecule has 0 saturated heterocycles. The van der Waals surface area contributed by atoms with E-state index < -0.39 is 6.47 Å². The number of aromatic nitrogens is 4. The van der Waals surface area contributed by atoms with Gasteiger partial charge in [-0.25, -0.2) is 14.5 Å². The molecule has 170 valence electrons. The highest BCUT2D eigenvalue weighted by Crippen LogP contribution is 2.28. The van der Waals surface area contributed by atoms with Crippen LogP contribution in [0, 0.1) is 0 Å². The van der Waals surface area contributed by atoms with Crippen LogP contribution in [-0.4, -0.2) is 47.5 Å². The maximum absolute atomic E-state index is 12.6. The van der Waals surface area contributed by atoms with Crippen molar-refractivity contribution in [1.82, 2.24) is 19.7 Å². The van der Waals surface area contributed by atoms with Gasteiger partial charge in [0.15, 0.2) is 18.9 Å². The molecule has 33 heavy (non-hydrogen) atoms. The summed E-state index contributed by atoms with van der Waals surface area (Å²) in [5, 5.41) is 14.3. The van der Waals surface area contributed by atoms with Crippen molar-refractivity contribution < 1.29 is 24.0 Å². The molecule has 0 radical (unpaired) electrons. The van der Waals surface area contributed by atoms with Crippen LogP contribution in [0.25, 0.3) is 16.9 Å². The van der Waals surface area contributed by atoms with Gasteiger partial charge in [0, 0.05) is 49.3 Å². The van der Waals surface area contributed by atoms with E-state index in [1.54, 1.807) is 31.6 Å². The number of anilines is 1. The quantitative estimate of drug-likeness (QED) is 0.312. The van der Waals surface area contributed by atoms with Gasteiger partial charge in [0.05, 0.1) is 31.1 Å². The predicted octanol–water partition coefficient (Wildman–Crippen LogP) is 0.530. The molecule has 4 aromatic heterocycles. The number of nitrogens with one attached hydrogen (secondary N) is 2. The van der Waals surface area contributed by atoms with Crippen molar-refractivity contribution in [3.8, 4) is 17.1 Å². The van der Waals surface area contributed by atoms with E-state index in [-0.39, 0.29) is 5.91 Å². The first-order valence-electron chi connectivity index (χ1n) is 10.1. The lowest BCUT2D eigenvalue weighted by Crippen LogP contribution is -2.40. The third-order valence-corrected chi connectivity index (χ3v) is 4.85. The molecule has 2 N–H and O–H groups in total. The van der Waals surface area contributed by atoms with Gasteiger partial charge in [0.2, 0.25) is 5.88 Å². The number of carbonyl (C=O) groups excluding carboxylic acids is 2. The summed E-state index contributed by atoms with van der Waals surface area (Å²) in [4.78, 5) is 29.5. The molecule has 0 atom stereocenters. The van der Waals surface area contributed by atoms with Gasteiger partial charge in [0.1, 0.15) is 5.65 Å². The van der Waals surface area contributed by atoms with E-state index in [1.807, 2.05) is 58.9 Å². The minimum Gasteiger partial charge on any atom is -0.554 e. The van der Waals surface area contributed by atoms with E-state index in [9.17, 15) is 4.79 Å². The molecular formula is C23H24N6O4.